The lowest BCUT2D eigenvalue weighted by Crippen LogP contribution is -2.24. The summed E-state index contributed by atoms with van der Waals surface area (Å²) in [5, 5.41) is 3.79. The van der Waals surface area contributed by atoms with E-state index in [0.717, 1.165) is 17.7 Å². The summed E-state index contributed by atoms with van der Waals surface area (Å²) in [5.41, 5.74) is 6.97. The number of hydrogen-bond donors (Lipinski definition) is 2. The Morgan fingerprint density at radius 2 is 1.97 bits per heavy atom. The van der Waals surface area contributed by atoms with Crippen LogP contribution < -0.4 is 16.6 Å². The van der Waals surface area contributed by atoms with Crippen molar-refractivity contribution in [1.82, 2.24) is 14.5 Å². The normalized spacial score (nSPS) is 15.4. The van der Waals surface area contributed by atoms with Crippen molar-refractivity contribution in [3.63, 3.8) is 0 Å². The minimum Gasteiger partial charge on any atom is -0.399 e. The number of fused-ring (bicyclic) bond motifs is 1. The number of hydrogen-bond acceptors (Lipinski definition) is 6. The molecule has 1 atom stereocenters. The summed E-state index contributed by atoms with van der Waals surface area (Å²) >= 11 is 0. The maximum absolute atomic E-state index is 13.3. The number of aromatic nitrogens is 3. The molecule has 1 unspecified atom stereocenters. The average molecular weight is 459 g/mol. The van der Waals surface area contributed by atoms with E-state index in [-0.39, 0.29) is 11.2 Å². The SMILES string of the molecule is Cc1nc(NC(C)c2cc(N)cc(C(F)(F)F)c2)c2cc(C3=CCOCC3)c(=O)n(C)c2n1. The molecule has 0 radical (unpaired) electrons. The number of nitrogen functional groups attached to an aromatic ring is 1. The van der Waals surface area contributed by atoms with Gasteiger partial charge >= 0.3 is 6.18 Å². The third-order valence-electron chi connectivity index (χ3n) is 5.65. The zero-order valence-electron chi connectivity index (χ0n) is 18.5. The van der Waals surface area contributed by atoms with E-state index >= 15 is 0 Å². The van der Waals surface area contributed by atoms with E-state index in [2.05, 4.69) is 15.3 Å². The second kappa shape index (κ2) is 8.51. The van der Waals surface area contributed by atoms with Crippen LogP contribution in [0.5, 0.6) is 0 Å². The van der Waals surface area contributed by atoms with E-state index in [0.29, 0.717) is 53.4 Å². The van der Waals surface area contributed by atoms with Gasteiger partial charge in [0, 0.05) is 18.3 Å². The Kier molecular flexibility index (Phi) is 5.87. The molecule has 0 saturated carbocycles. The van der Waals surface area contributed by atoms with Crippen molar-refractivity contribution in [2.24, 2.45) is 7.05 Å². The number of rotatable bonds is 4. The number of alkyl halides is 3. The van der Waals surface area contributed by atoms with Crippen molar-refractivity contribution in [2.75, 3.05) is 24.3 Å². The number of benzene rings is 1. The smallest absolute Gasteiger partial charge is 0.399 e. The largest absolute Gasteiger partial charge is 0.416 e. The second-order valence-corrected chi connectivity index (χ2v) is 8.09. The Morgan fingerprint density at radius 1 is 1.21 bits per heavy atom. The van der Waals surface area contributed by atoms with Gasteiger partial charge in [0.25, 0.3) is 5.56 Å². The van der Waals surface area contributed by atoms with E-state index in [1.54, 1.807) is 27.0 Å². The van der Waals surface area contributed by atoms with Crippen LogP contribution in [0.4, 0.5) is 24.7 Å². The first-order valence-electron chi connectivity index (χ1n) is 10.4. The van der Waals surface area contributed by atoms with Crippen molar-refractivity contribution in [3.05, 3.63) is 63.2 Å². The third-order valence-corrected chi connectivity index (χ3v) is 5.65. The lowest BCUT2D eigenvalue weighted by atomic mass is 10.0. The van der Waals surface area contributed by atoms with E-state index < -0.39 is 17.8 Å². The van der Waals surface area contributed by atoms with Gasteiger partial charge < -0.3 is 15.8 Å². The molecular formula is C23H24F3N5O2. The van der Waals surface area contributed by atoms with E-state index in [9.17, 15) is 18.0 Å². The maximum Gasteiger partial charge on any atom is 0.416 e. The van der Waals surface area contributed by atoms with Crippen LogP contribution in [0.3, 0.4) is 0 Å². The number of nitrogens with two attached hydrogens (primary N) is 1. The predicted octanol–water partition coefficient (Wildman–Crippen LogP) is 4.21. The van der Waals surface area contributed by atoms with Gasteiger partial charge in [-0.15, -0.1) is 0 Å². The van der Waals surface area contributed by atoms with Crippen LogP contribution in [-0.2, 0) is 18.0 Å². The van der Waals surface area contributed by atoms with Gasteiger partial charge in [-0.1, -0.05) is 6.08 Å². The van der Waals surface area contributed by atoms with Gasteiger partial charge in [0.15, 0.2) is 0 Å². The Morgan fingerprint density at radius 3 is 2.64 bits per heavy atom. The fourth-order valence-electron chi connectivity index (χ4n) is 3.93. The Bertz CT molecular complexity index is 1310. The molecule has 7 nitrogen and oxygen atoms in total. The number of halogens is 3. The van der Waals surface area contributed by atoms with Gasteiger partial charge in [0.2, 0.25) is 0 Å². The molecule has 2 aromatic heterocycles. The number of nitrogens with zero attached hydrogens (tertiary/aromatic N) is 3. The second-order valence-electron chi connectivity index (χ2n) is 8.09. The van der Waals surface area contributed by atoms with Crippen molar-refractivity contribution >= 4 is 28.1 Å². The number of pyridine rings is 1. The summed E-state index contributed by atoms with van der Waals surface area (Å²) in [6, 6.07) is 4.67. The number of anilines is 2. The van der Waals surface area contributed by atoms with Crippen LogP contribution in [-0.4, -0.2) is 27.7 Å². The first-order valence-corrected chi connectivity index (χ1v) is 10.4. The molecule has 1 aliphatic rings. The zero-order valence-corrected chi connectivity index (χ0v) is 18.5. The number of nitrogens with one attached hydrogen (secondary N) is 1. The molecule has 3 heterocycles. The minimum atomic E-state index is -4.51. The van der Waals surface area contributed by atoms with Gasteiger partial charge in [-0.05, 0) is 55.7 Å². The van der Waals surface area contributed by atoms with Crippen molar-refractivity contribution < 1.29 is 17.9 Å². The molecule has 0 amide bonds. The Hall–Kier alpha value is -3.40. The Balaban J connectivity index is 1.81. The Labute approximate surface area is 188 Å². The molecule has 3 aromatic rings. The average Bonchev–Trinajstić information content (AvgIpc) is 2.76. The summed E-state index contributed by atoms with van der Waals surface area (Å²) in [4.78, 5) is 21.9. The topological polar surface area (TPSA) is 95.1 Å². The molecule has 0 saturated heterocycles. The number of aryl methyl sites for hydroxylation is 2. The molecule has 3 N–H and O–H groups in total. The maximum atomic E-state index is 13.3. The third kappa shape index (κ3) is 4.56. The van der Waals surface area contributed by atoms with Gasteiger partial charge in [-0.2, -0.15) is 13.2 Å². The molecular weight excluding hydrogens is 435 g/mol. The molecule has 0 bridgehead atoms. The van der Waals surface area contributed by atoms with Crippen molar-refractivity contribution in [2.45, 2.75) is 32.5 Å². The standard InChI is InChI=1S/C23H24F3N5O2/c1-12(15-8-16(23(24,25)26)10-17(27)9-15)28-20-19-11-18(14-4-6-33-7-5-14)22(32)31(3)21(19)30-13(2)29-20/h4,8-12H,5-7,27H2,1-3H3,(H,28,29,30). The highest BCUT2D eigenvalue weighted by Crippen LogP contribution is 2.34. The zero-order chi connectivity index (χ0) is 23.9. The minimum absolute atomic E-state index is 0.0216. The highest BCUT2D eigenvalue weighted by molar-refractivity contribution is 5.89. The van der Waals surface area contributed by atoms with Crippen LogP contribution in [0.15, 0.2) is 35.1 Å². The molecule has 33 heavy (non-hydrogen) atoms. The first kappa shape index (κ1) is 22.8. The van der Waals surface area contributed by atoms with E-state index in [1.165, 1.54) is 10.6 Å². The summed E-state index contributed by atoms with van der Waals surface area (Å²) < 4.78 is 46.6. The lowest BCUT2D eigenvalue weighted by molar-refractivity contribution is -0.137. The molecule has 10 heteroatoms. The van der Waals surface area contributed by atoms with Gasteiger partial charge in [-0.3, -0.25) is 9.36 Å². The summed E-state index contributed by atoms with van der Waals surface area (Å²) in [7, 11) is 1.64. The summed E-state index contributed by atoms with van der Waals surface area (Å²) in [6.45, 7) is 4.37. The first-order chi connectivity index (χ1) is 15.5. The quantitative estimate of drug-likeness (QED) is 0.568. The van der Waals surface area contributed by atoms with Crippen LogP contribution in [0.2, 0.25) is 0 Å². The molecule has 4 rings (SSSR count). The van der Waals surface area contributed by atoms with E-state index in [4.69, 9.17) is 10.5 Å². The highest BCUT2D eigenvalue weighted by Gasteiger charge is 2.31. The molecule has 174 valence electrons. The predicted molar refractivity (Wildman–Crippen MR) is 121 cm³/mol. The monoisotopic (exact) mass is 459 g/mol. The fraction of sp³-hybridized carbons (Fsp3) is 0.348. The molecule has 0 spiro atoms. The number of ether oxygens (including phenoxy) is 1. The lowest BCUT2D eigenvalue weighted by Gasteiger charge is -2.20. The highest BCUT2D eigenvalue weighted by atomic mass is 19.4. The van der Waals surface area contributed by atoms with E-state index in [1.807, 2.05) is 6.08 Å². The van der Waals surface area contributed by atoms with Gasteiger partial charge in [-0.25, -0.2) is 9.97 Å². The van der Waals surface area contributed by atoms with Crippen molar-refractivity contribution in [3.8, 4) is 0 Å². The van der Waals surface area contributed by atoms with Crippen LogP contribution in [0.1, 0.15) is 41.9 Å². The summed E-state index contributed by atoms with van der Waals surface area (Å²) in [5.74, 6) is 0.847. The molecule has 0 fully saturated rings. The molecule has 0 aliphatic carbocycles. The fourth-order valence-corrected chi connectivity index (χ4v) is 3.93. The van der Waals surface area contributed by atoms with Gasteiger partial charge in [0.05, 0.1) is 30.2 Å². The van der Waals surface area contributed by atoms with Crippen molar-refractivity contribution in [1.29, 1.82) is 0 Å². The summed E-state index contributed by atoms with van der Waals surface area (Å²) in [6.07, 6.45) is -2.02. The van der Waals surface area contributed by atoms with Crippen LogP contribution in [0, 0.1) is 6.92 Å². The van der Waals surface area contributed by atoms with Crippen LogP contribution in [0.25, 0.3) is 16.6 Å². The molecule has 1 aromatic carbocycles. The van der Waals surface area contributed by atoms with Gasteiger partial charge in [0.1, 0.15) is 17.3 Å². The molecule has 1 aliphatic heterocycles. The van der Waals surface area contributed by atoms with Crippen LogP contribution >= 0.6 is 0 Å².